The molecule has 0 fully saturated rings. The topological polar surface area (TPSA) is 20.2 Å². The van der Waals surface area contributed by atoms with Gasteiger partial charge in [-0.05, 0) is 34.2 Å². The second kappa shape index (κ2) is 6.17. The van der Waals surface area contributed by atoms with Crippen molar-refractivity contribution in [2.45, 2.75) is 13.0 Å². The van der Waals surface area contributed by atoms with Gasteiger partial charge in [0.25, 0.3) is 0 Å². The third-order valence-electron chi connectivity index (χ3n) is 3.20. The highest BCUT2D eigenvalue weighted by Gasteiger charge is 2.06. The van der Waals surface area contributed by atoms with Crippen LogP contribution in [0.4, 0.5) is 0 Å². The normalized spacial score (nSPS) is 10.2. The Bertz CT molecular complexity index is 582. The first kappa shape index (κ1) is 13.3. The highest BCUT2D eigenvalue weighted by atomic mass is 16.3. The van der Waals surface area contributed by atoms with Crippen LogP contribution in [0.25, 0.3) is 12.2 Å². The summed E-state index contributed by atoms with van der Waals surface area (Å²) in [6.07, 6.45) is 4.44. The summed E-state index contributed by atoms with van der Waals surface area (Å²) < 4.78 is 0. The van der Waals surface area contributed by atoms with Crippen molar-refractivity contribution in [1.82, 2.24) is 0 Å². The fourth-order valence-corrected chi connectivity index (χ4v) is 2.29. The maximum atomic E-state index is 9.48. The van der Waals surface area contributed by atoms with Crippen LogP contribution in [0.5, 0.6) is 0 Å². The van der Waals surface area contributed by atoms with Crippen molar-refractivity contribution < 1.29 is 5.11 Å². The smallest absolute Gasteiger partial charge is 0.0687 e. The Kier molecular flexibility index (Phi) is 4.32. The molecule has 2 rings (SSSR count). The van der Waals surface area contributed by atoms with Gasteiger partial charge in [0.05, 0.1) is 6.61 Å². The van der Waals surface area contributed by atoms with E-state index in [1.807, 2.05) is 30.3 Å². The van der Waals surface area contributed by atoms with Crippen LogP contribution in [0.1, 0.15) is 27.8 Å². The predicted octanol–water partition coefficient (Wildman–Crippen LogP) is 4.06. The summed E-state index contributed by atoms with van der Waals surface area (Å²) in [5, 5.41) is 9.48. The van der Waals surface area contributed by atoms with Crippen LogP contribution < -0.4 is 0 Å². The number of rotatable bonds is 5. The van der Waals surface area contributed by atoms with E-state index in [2.05, 4.69) is 31.4 Å². The molecule has 0 aliphatic rings. The lowest BCUT2D eigenvalue weighted by molar-refractivity contribution is 0.281. The molecule has 0 spiro atoms. The zero-order valence-corrected chi connectivity index (χ0v) is 11.0. The highest BCUT2D eigenvalue weighted by Crippen LogP contribution is 2.22. The Morgan fingerprint density at radius 1 is 0.947 bits per heavy atom. The van der Waals surface area contributed by atoms with Gasteiger partial charge < -0.3 is 5.11 Å². The van der Waals surface area contributed by atoms with Crippen molar-refractivity contribution in [3.8, 4) is 0 Å². The van der Waals surface area contributed by atoms with Crippen molar-refractivity contribution in [1.29, 1.82) is 0 Å². The lowest BCUT2D eigenvalue weighted by Gasteiger charge is -2.11. The number of hydrogen-bond acceptors (Lipinski definition) is 1. The zero-order valence-electron chi connectivity index (χ0n) is 11.0. The summed E-state index contributed by atoms with van der Waals surface area (Å²) in [4.78, 5) is 0. The van der Waals surface area contributed by atoms with Gasteiger partial charge in [-0.25, -0.2) is 0 Å². The van der Waals surface area contributed by atoms with Gasteiger partial charge in [0.1, 0.15) is 0 Å². The lowest BCUT2D eigenvalue weighted by atomic mass is 9.94. The van der Waals surface area contributed by atoms with E-state index in [9.17, 15) is 5.11 Å². The largest absolute Gasteiger partial charge is 0.392 e. The van der Waals surface area contributed by atoms with Crippen LogP contribution in [0.3, 0.4) is 0 Å². The van der Waals surface area contributed by atoms with Crippen molar-refractivity contribution in [2.24, 2.45) is 0 Å². The molecule has 96 valence electrons. The van der Waals surface area contributed by atoms with E-state index in [-0.39, 0.29) is 6.61 Å². The molecule has 0 bridgehead atoms. The van der Waals surface area contributed by atoms with Gasteiger partial charge >= 0.3 is 0 Å². The average Bonchev–Trinajstić information content (AvgIpc) is 2.47. The fourth-order valence-electron chi connectivity index (χ4n) is 2.29. The summed E-state index contributed by atoms with van der Waals surface area (Å²) in [6, 6.07) is 14.4. The standard InChI is InChI=1S/C18H18O/c1-3-16-11-15(10-14-8-6-5-7-9-14)12-17(13-19)18(16)4-2/h3-9,11-12,19H,1-2,10,13H2. The first-order chi connectivity index (χ1) is 9.28. The molecule has 0 aliphatic heterocycles. The molecule has 1 nitrogen and oxygen atoms in total. The van der Waals surface area contributed by atoms with Crippen LogP contribution in [-0.4, -0.2) is 5.11 Å². The number of hydrogen-bond donors (Lipinski definition) is 1. The molecule has 0 atom stereocenters. The molecular formula is C18H18O. The molecule has 0 radical (unpaired) electrons. The summed E-state index contributed by atoms with van der Waals surface area (Å²) >= 11 is 0. The first-order valence-electron chi connectivity index (χ1n) is 6.34. The second-order valence-electron chi connectivity index (χ2n) is 4.49. The van der Waals surface area contributed by atoms with Gasteiger partial charge in [0.15, 0.2) is 0 Å². The second-order valence-corrected chi connectivity index (χ2v) is 4.49. The van der Waals surface area contributed by atoms with Crippen molar-refractivity contribution >= 4 is 12.2 Å². The van der Waals surface area contributed by atoms with Gasteiger partial charge in [-0.15, -0.1) is 0 Å². The Balaban J connectivity index is 2.42. The van der Waals surface area contributed by atoms with Crippen molar-refractivity contribution in [2.75, 3.05) is 0 Å². The van der Waals surface area contributed by atoms with E-state index in [4.69, 9.17) is 0 Å². The molecule has 0 saturated heterocycles. The highest BCUT2D eigenvalue weighted by molar-refractivity contribution is 5.67. The molecule has 0 aromatic heterocycles. The number of aliphatic hydroxyl groups excluding tert-OH is 1. The molecule has 0 heterocycles. The molecule has 0 aliphatic carbocycles. The van der Waals surface area contributed by atoms with Gasteiger partial charge in [-0.3, -0.25) is 0 Å². The summed E-state index contributed by atoms with van der Waals surface area (Å²) in [6.45, 7) is 7.66. The summed E-state index contributed by atoms with van der Waals surface area (Å²) in [7, 11) is 0. The minimum Gasteiger partial charge on any atom is -0.392 e. The quantitative estimate of drug-likeness (QED) is 0.848. The van der Waals surface area contributed by atoms with Gasteiger partial charge in [-0.1, -0.05) is 67.8 Å². The van der Waals surface area contributed by atoms with Crippen molar-refractivity contribution in [3.63, 3.8) is 0 Å². The van der Waals surface area contributed by atoms with E-state index in [0.717, 1.165) is 23.1 Å². The van der Waals surface area contributed by atoms with Crippen LogP contribution in [0.15, 0.2) is 55.6 Å². The van der Waals surface area contributed by atoms with Crippen LogP contribution in [-0.2, 0) is 13.0 Å². The lowest BCUT2D eigenvalue weighted by Crippen LogP contribution is -1.97. The van der Waals surface area contributed by atoms with E-state index in [1.165, 1.54) is 11.1 Å². The van der Waals surface area contributed by atoms with Crippen LogP contribution in [0.2, 0.25) is 0 Å². The minimum absolute atomic E-state index is 0.0187. The molecule has 0 saturated carbocycles. The molecule has 1 N–H and O–H groups in total. The summed E-state index contributed by atoms with van der Waals surface area (Å²) in [5.41, 5.74) is 5.32. The van der Waals surface area contributed by atoms with E-state index < -0.39 is 0 Å². The van der Waals surface area contributed by atoms with E-state index in [1.54, 1.807) is 6.08 Å². The van der Waals surface area contributed by atoms with Crippen molar-refractivity contribution in [3.05, 3.63) is 83.4 Å². The molecule has 2 aromatic carbocycles. The Morgan fingerprint density at radius 2 is 1.68 bits per heavy atom. The minimum atomic E-state index is 0.0187. The maximum Gasteiger partial charge on any atom is 0.0687 e. The fraction of sp³-hybridized carbons (Fsp3) is 0.111. The summed E-state index contributed by atoms with van der Waals surface area (Å²) in [5.74, 6) is 0. The Labute approximate surface area is 114 Å². The Hall–Kier alpha value is -2.12. The molecule has 1 heteroatoms. The van der Waals surface area contributed by atoms with E-state index >= 15 is 0 Å². The molecule has 19 heavy (non-hydrogen) atoms. The zero-order chi connectivity index (χ0) is 13.7. The van der Waals surface area contributed by atoms with Crippen LogP contribution in [0, 0.1) is 0 Å². The number of aliphatic hydroxyl groups is 1. The molecular weight excluding hydrogens is 232 g/mol. The number of benzene rings is 2. The molecule has 0 amide bonds. The van der Waals surface area contributed by atoms with Gasteiger partial charge in [0, 0.05) is 0 Å². The maximum absolute atomic E-state index is 9.48. The third-order valence-corrected chi connectivity index (χ3v) is 3.20. The average molecular weight is 250 g/mol. The molecule has 2 aromatic rings. The monoisotopic (exact) mass is 250 g/mol. The SMILES string of the molecule is C=Cc1cc(Cc2ccccc2)cc(CO)c1C=C. The van der Waals surface area contributed by atoms with Gasteiger partial charge in [-0.2, -0.15) is 0 Å². The van der Waals surface area contributed by atoms with Crippen LogP contribution >= 0.6 is 0 Å². The Morgan fingerprint density at radius 3 is 2.26 bits per heavy atom. The van der Waals surface area contributed by atoms with E-state index in [0.29, 0.717) is 0 Å². The molecule has 0 unspecified atom stereocenters. The first-order valence-corrected chi connectivity index (χ1v) is 6.34. The van der Waals surface area contributed by atoms with Gasteiger partial charge in [0.2, 0.25) is 0 Å². The predicted molar refractivity (Wildman–Crippen MR) is 81.8 cm³/mol. The third kappa shape index (κ3) is 3.01.